The fourth-order valence-corrected chi connectivity index (χ4v) is 7.03. The molecule has 1 saturated carbocycles. The molecular formula is C31H35Cl2N3O5S. The average Bonchev–Trinajstić information content (AvgIpc) is 3.50. The lowest BCUT2D eigenvalue weighted by Crippen LogP contribution is -2.53. The van der Waals surface area contributed by atoms with Gasteiger partial charge in [0.1, 0.15) is 18.3 Å². The largest absolute Gasteiger partial charge is 0.495 e. The van der Waals surface area contributed by atoms with Gasteiger partial charge >= 0.3 is 0 Å². The minimum absolute atomic E-state index is 0.00779. The Morgan fingerprint density at radius 3 is 2.26 bits per heavy atom. The summed E-state index contributed by atoms with van der Waals surface area (Å²) >= 11 is 12.8. The minimum atomic E-state index is -4.21. The van der Waals surface area contributed by atoms with Gasteiger partial charge in [-0.15, -0.1) is 0 Å². The second kappa shape index (κ2) is 14.3. The number of ether oxygens (including phenoxy) is 1. The Balaban J connectivity index is 1.74. The van der Waals surface area contributed by atoms with Gasteiger partial charge in [-0.2, -0.15) is 0 Å². The Kier molecular flexibility index (Phi) is 10.8. The summed E-state index contributed by atoms with van der Waals surface area (Å²) in [6.07, 6.45) is 4.19. The van der Waals surface area contributed by atoms with E-state index in [1.807, 2.05) is 6.92 Å². The molecule has 1 unspecified atom stereocenters. The van der Waals surface area contributed by atoms with Crippen LogP contribution < -0.4 is 14.4 Å². The van der Waals surface area contributed by atoms with Gasteiger partial charge in [0, 0.05) is 17.6 Å². The molecule has 1 aliphatic rings. The molecule has 0 heterocycles. The molecule has 2 amide bonds. The molecule has 3 aromatic rings. The normalized spacial score (nSPS) is 14.3. The van der Waals surface area contributed by atoms with Gasteiger partial charge in [0.05, 0.1) is 22.7 Å². The van der Waals surface area contributed by atoms with Crippen LogP contribution in [0.5, 0.6) is 5.75 Å². The van der Waals surface area contributed by atoms with Crippen LogP contribution in [-0.2, 0) is 26.2 Å². The van der Waals surface area contributed by atoms with Crippen LogP contribution >= 0.6 is 23.2 Å². The summed E-state index contributed by atoms with van der Waals surface area (Å²) in [7, 11) is -2.76. The van der Waals surface area contributed by atoms with Crippen molar-refractivity contribution < 1.29 is 22.7 Å². The van der Waals surface area contributed by atoms with Gasteiger partial charge in [-0.25, -0.2) is 8.42 Å². The minimum Gasteiger partial charge on any atom is -0.495 e. The number of sulfonamides is 1. The SMILES string of the molecule is CCC(C(=O)NC1CCCC1)N(Cc1ccccc1Cl)C(=O)CN(c1ccc(OC)c(Cl)c1)S(=O)(=O)c1ccccc1. The number of hydrogen-bond acceptors (Lipinski definition) is 5. The second-order valence-electron chi connectivity index (χ2n) is 10.2. The van der Waals surface area contributed by atoms with Gasteiger partial charge in [-0.3, -0.25) is 13.9 Å². The van der Waals surface area contributed by atoms with E-state index in [0.29, 0.717) is 22.8 Å². The Morgan fingerprint density at radius 2 is 1.64 bits per heavy atom. The summed E-state index contributed by atoms with van der Waals surface area (Å²) < 4.78 is 34.2. The first kappa shape index (κ1) is 31.7. The Morgan fingerprint density at radius 1 is 0.976 bits per heavy atom. The van der Waals surface area contributed by atoms with E-state index in [1.165, 1.54) is 36.3 Å². The lowest BCUT2D eigenvalue weighted by atomic mass is 10.1. The highest BCUT2D eigenvalue weighted by Crippen LogP contribution is 2.32. The Labute approximate surface area is 257 Å². The molecular weight excluding hydrogens is 597 g/mol. The quantitative estimate of drug-likeness (QED) is 0.262. The van der Waals surface area contributed by atoms with Gasteiger partial charge in [0.25, 0.3) is 10.0 Å². The maximum absolute atomic E-state index is 14.2. The number of anilines is 1. The van der Waals surface area contributed by atoms with Crippen molar-refractivity contribution in [2.24, 2.45) is 0 Å². The van der Waals surface area contributed by atoms with E-state index in [9.17, 15) is 18.0 Å². The maximum Gasteiger partial charge on any atom is 0.264 e. The first-order valence-electron chi connectivity index (χ1n) is 13.9. The monoisotopic (exact) mass is 631 g/mol. The second-order valence-corrected chi connectivity index (χ2v) is 12.8. The van der Waals surface area contributed by atoms with Crippen LogP contribution in [0.2, 0.25) is 10.0 Å². The zero-order valence-corrected chi connectivity index (χ0v) is 26.0. The fourth-order valence-electron chi connectivity index (χ4n) is 5.16. The van der Waals surface area contributed by atoms with E-state index in [1.54, 1.807) is 48.5 Å². The predicted octanol–water partition coefficient (Wildman–Crippen LogP) is 6.06. The van der Waals surface area contributed by atoms with Crippen molar-refractivity contribution in [1.29, 1.82) is 0 Å². The van der Waals surface area contributed by atoms with Gasteiger partial charge in [0.15, 0.2) is 0 Å². The zero-order chi connectivity index (χ0) is 30.3. The van der Waals surface area contributed by atoms with Crippen LogP contribution in [0.3, 0.4) is 0 Å². The molecule has 224 valence electrons. The van der Waals surface area contributed by atoms with Crippen molar-refractivity contribution in [3.8, 4) is 5.75 Å². The summed E-state index contributed by atoms with van der Waals surface area (Å²) in [5.74, 6) is -0.469. The van der Waals surface area contributed by atoms with Crippen LogP contribution in [0.4, 0.5) is 5.69 Å². The number of nitrogens with zero attached hydrogens (tertiary/aromatic N) is 2. The Bertz CT molecular complexity index is 1500. The summed E-state index contributed by atoms with van der Waals surface area (Å²) in [4.78, 5) is 29.2. The molecule has 0 aliphatic heterocycles. The summed E-state index contributed by atoms with van der Waals surface area (Å²) in [6, 6.07) is 18.7. The van der Waals surface area contributed by atoms with E-state index in [2.05, 4.69) is 5.32 Å². The van der Waals surface area contributed by atoms with Crippen LogP contribution in [0.15, 0.2) is 77.7 Å². The molecule has 11 heteroatoms. The van der Waals surface area contributed by atoms with Gasteiger partial charge in [-0.1, -0.05) is 79.4 Å². The molecule has 1 aliphatic carbocycles. The van der Waals surface area contributed by atoms with Crippen molar-refractivity contribution in [3.63, 3.8) is 0 Å². The zero-order valence-electron chi connectivity index (χ0n) is 23.6. The van der Waals surface area contributed by atoms with Crippen molar-refractivity contribution in [2.45, 2.75) is 62.6 Å². The predicted molar refractivity (Wildman–Crippen MR) is 165 cm³/mol. The lowest BCUT2D eigenvalue weighted by Gasteiger charge is -2.34. The van der Waals surface area contributed by atoms with E-state index in [-0.39, 0.29) is 34.1 Å². The van der Waals surface area contributed by atoms with Gasteiger partial charge in [0.2, 0.25) is 11.8 Å². The highest BCUT2D eigenvalue weighted by Gasteiger charge is 2.35. The molecule has 0 aromatic heterocycles. The molecule has 0 spiro atoms. The molecule has 3 aromatic carbocycles. The molecule has 42 heavy (non-hydrogen) atoms. The summed E-state index contributed by atoms with van der Waals surface area (Å²) in [5.41, 5.74) is 0.823. The molecule has 1 atom stereocenters. The first-order valence-corrected chi connectivity index (χ1v) is 16.1. The highest BCUT2D eigenvalue weighted by molar-refractivity contribution is 7.92. The number of carbonyl (C=O) groups is 2. The number of rotatable bonds is 12. The number of amides is 2. The first-order chi connectivity index (χ1) is 20.1. The topological polar surface area (TPSA) is 96.0 Å². The van der Waals surface area contributed by atoms with Crippen molar-refractivity contribution in [3.05, 3.63) is 88.4 Å². The number of benzene rings is 3. The van der Waals surface area contributed by atoms with Crippen LogP contribution in [0.1, 0.15) is 44.6 Å². The summed E-state index contributed by atoms with van der Waals surface area (Å²) in [5, 5.41) is 3.73. The van der Waals surface area contributed by atoms with E-state index < -0.39 is 28.5 Å². The van der Waals surface area contributed by atoms with E-state index in [4.69, 9.17) is 27.9 Å². The third-order valence-electron chi connectivity index (χ3n) is 7.42. The van der Waals surface area contributed by atoms with Crippen molar-refractivity contribution >= 4 is 50.7 Å². The molecule has 1 N–H and O–H groups in total. The lowest BCUT2D eigenvalue weighted by molar-refractivity contribution is -0.140. The number of methoxy groups -OCH3 is 1. The van der Waals surface area contributed by atoms with Crippen molar-refractivity contribution in [1.82, 2.24) is 10.2 Å². The fraction of sp³-hybridized carbons (Fsp3) is 0.355. The standard InChI is InChI=1S/C31H35Cl2N3O5S/c1-3-28(31(38)34-23-12-8-9-13-23)35(20-22-11-7-10-16-26(22)32)30(37)21-36(24-17-18-29(41-2)27(33)19-24)42(39,40)25-14-5-4-6-15-25/h4-7,10-11,14-19,23,28H,3,8-9,12-13,20-21H2,1-2H3,(H,34,38). The molecule has 4 rings (SSSR count). The molecule has 0 radical (unpaired) electrons. The van der Waals surface area contributed by atoms with Crippen molar-refractivity contribution in [2.75, 3.05) is 18.0 Å². The number of nitrogens with one attached hydrogen (secondary N) is 1. The third-order valence-corrected chi connectivity index (χ3v) is 9.87. The molecule has 0 saturated heterocycles. The average molecular weight is 633 g/mol. The van der Waals surface area contributed by atoms with E-state index in [0.717, 1.165) is 30.0 Å². The number of carbonyl (C=O) groups excluding carboxylic acids is 2. The maximum atomic E-state index is 14.2. The van der Waals surface area contributed by atoms with Crippen LogP contribution in [0.25, 0.3) is 0 Å². The highest BCUT2D eigenvalue weighted by atomic mass is 35.5. The molecule has 8 nitrogen and oxygen atoms in total. The van der Waals surface area contributed by atoms with Crippen LogP contribution in [0, 0.1) is 0 Å². The molecule has 1 fully saturated rings. The third kappa shape index (κ3) is 7.38. The van der Waals surface area contributed by atoms with Crippen LogP contribution in [-0.4, -0.2) is 50.9 Å². The van der Waals surface area contributed by atoms with Gasteiger partial charge in [-0.05, 0) is 61.2 Å². The van der Waals surface area contributed by atoms with Gasteiger partial charge < -0.3 is 15.0 Å². The Hall–Kier alpha value is -3.27. The number of hydrogen-bond donors (Lipinski definition) is 1. The smallest absolute Gasteiger partial charge is 0.264 e. The molecule has 0 bridgehead atoms. The number of halogens is 2. The summed E-state index contributed by atoms with van der Waals surface area (Å²) in [6.45, 7) is 1.28. The van der Waals surface area contributed by atoms with E-state index >= 15 is 0 Å².